The van der Waals surface area contributed by atoms with E-state index < -0.39 is 0 Å². The summed E-state index contributed by atoms with van der Waals surface area (Å²) in [7, 11) is 0. The van der Waals surface area contributed by atoms with Crippen LogP contribution in [-0.4, -0.2) is 22.5 Å². The highest BCUT2D eigenvalue weighted by Gasteiger charge is 2.26. The van der Waals surface area contributed by atoms with Crippen molar-refractivity contribution in [3.05, 3.63) is 75.4 Å². The molecule has 0 spiro atoms. The van der Waals surface area contributed by atoms with Gasteiger partial charge in [0.1, 0.15) is 5.56 Å². The highest BCUT2D eigenvalue weighted by molar-refractivity contribution is 6.35. The third-order valence-corrected chi connectivity index (χ3v) is 4.74. The lowest BCUT2D eigenvalue weighted by molar-refractivity contribution is 0.0752. The third-order valence-electron chi connectivity index (χ3n) is 4.16. The van der Waals surface area contributed by atoms with Gasteiger partial charge in [0.25, 0.3) is 5.91 Å². The van der Waals surface area contributed by atoms with Crippen LogP contribution in [-0.2, 0) is 6.54 Å². The van der Waals surface area contributed by atoms with Crippen LogP contribution in [0.15, 0.2) is 53.1 Å². The van der Waals surface area contributed by atoms with E-state index >= 15 is 0 Å². The van der Waals surface area contributed by atoms with Gasteiger partial charge in [0.2, 0.25) is 0 Å². The normalized spacial score (nSPS) is 10.8. The number of carbonyl (C=O) groups is 1. The maximum atomic E-state index is 13.2. The number of aryl methyl sites for hydroxylation is 1. The molecule has 0 atom stereocenters. The molecule has 0 N–H and O–H groups in total. The summed E-state index contributed by atoms with van der Waals surface area (Å²) in [5, 5.41) is 5.10. The molecule has 1 amide bonds. The molecule has 26 heavy (non-hydrogen) atoms. The van der Waals surface area contributed by atoms with E-state index in [1.54, 1.807) is 24.0 Å². The SMILES string of the molecule is CCN(Cc1ccc(Cl)cc1Cl)C(=O)c1c(C)noc1-c1ccccc1. The fourth-order valence-electron chi connectivity index (χ4n) is 2.75. The second kappa shape index (κ2) is 7.94. The largest absolute Gasteiger partial charge is 0.355 e. The van der Waals surface area contributed by atoms with E-state index in [9.17, 15) is 4.79 Å². The molecule has 0 bridgehead atoms. The Kier molecular flexibility index (Phi) is 5.64. The zero-order valence-electron chi connectivity index (χ0n) is 14.5. The molecular weight excluding hydrogens is 371 g/mol. The van der Waals surface area contributed by atoms with Gasteiger partial charge in [-0.05, 0) is 31.5 Å². The van der Waals surface area contributed by atoms with Gasteiger partial charge in [0.15, 0.2) is 5.76 Å². The molecule has 1 aromatic heterocycles. The number of nitrogens with zero attached hydrogens (tertiary/aromatic N) is 2. The van der Waals surface area contributed by atoms with Crippen molar-refractivity contribution >= 4 is 29.1 Å². The van der Waals surface area contributed by atoms with Gasteiger partial charge < -0.3 is 9.42 Å². The summed E-state index contributed by atoms with van der Waals surface area (Å²) in [6.07, 6.45) is 0. The maximum absolute atomic E-state index is 13.2. The summed E-state index contributed by atoms with van der Waals surface area (Å²) >= 11 is 12.2. The summed E-state index contributed by atoms with van der Waals surface area (Å²) in [4.78, 5) is 14.9. The molecule has 0 fully saturated rings. The monoisotopic (exact) mass is 388 g/mol. The minimum Gasteiger partial charge on any atom is -0.355 e. The van der Waals surface area contributed by atoms with E-state index in [4.69, 9.17) is 27.7 Å². The number of halogens is 2. The molecule has 2 aromatic carbocycles. The fourth-order valence-corrected chi connectivity index (χ4v) is 3.22. The molecule has 0 unspecified atom stereocenters. The van der Waals surface area contributed by atoms with Crippen molar-refractivity contribution in [1.82, 2.24) is 10.1 Å². The van der Waals surface area contributed by atoms with Crippen LogP contribution in [0.5, 0.6) is 0 Å². The van der Waals surface area contributed by atoms with Crippen LogP contribution in [0.2, 0.25) is 10.0 Å². The van der Waals surface area contributed by atoms with Crippen LogP contribution in [0.25, 0.3) is 11.3 Å². The van der Waals surface area contributed by atoms with Crippen LogP contribution < -0.4 is 0 Å². The summed E-state index contributed by atoms with van der Waals surface area (Å²) in [5.41, 5.74) is 2.69. The first-order valence-corrected chi connectivity index (χ1v) is 9.01. The van der Waals surface area contributed by atoms with E-state index in [2.05, 4.69) is 5.16 Å². The lowest BCUT2D eigenvalue weighted by atomic mass is 10.1. The summed E-state index contributed by atoms with van der Waals surface area (Å²) in [5.74, 6) is 0.338. The van der Waals surface area contributed by atoms with Gasteiger partial charge in [-0.2, -0.15) is 0 Å². The van der Waals surface area contributed by atoms with Crippen molar-refractivity contribution in [2.24, 2.45) is 0 Å². The van der Waals surface area contributed by atoms with Gasteiger partial charge in [0, 0.05) is 28.7 Å². The number of benzene rings is 2. The van der Waals surface area contributed by atoms with Crippen molar-refractivity contribution in [3.8, 4) is 11.3 Å². The van der Waals surface area contributed by atoms with Crippen molar-refractivity contribution in [1.29, 1.82) is 0 Å². The van der Waals surface area contributed by atoms with Crippen molar-refractivity contribution in [3.63, 3.8) is 0 Å². The third kappa shape index (κ3) is 3.76. The molecule has 3 rings (SSSR count). The minimum atomic E-state index is -0.142. The standard InChI is InChI=1S/C20H18Cl2N2O2/c1-3-24(12-15-9-10-16(21)11-17(15)22)20(25)18-13(2)23-26-19(18)14-7-5-4-6-8-14/h4-11H,3,12H2,1-2H3. The average Bonchev–Trinajstić information content (AvgIpc) is 3.03. The first kappa shape index (κ1) is 18.5. The van der Waals surface area contributed by atoms with Gasteiger partial charge in [-0.25, -0.2) is 0 Å². The molecule has 0 aliphatic rings. The molecule has 0 aliphatic heterocycles. The average molecular weight is 389 g/mol. The number of hydrogen-bond acceptors (Lipinski definition) is 3. The number of hydrogen-bond donors (Lipinski definition) is 0. The van der Waals surface area contributed by atoms with Gasteiger partial charge >= 0.3 is 0 Å². The Hall–Kier alpha value is -2.30. The second-order valence-corrected chi connectivity index (χ2v) is 6.74. The first-order chi connectivity index (χ1) is 12.5. The molecule has 3 aromatic rings. The van der Waals surface area contributed by atoms with E-state index in [0.29, 0.717) is 40.2 Å². The lowest BCUT2D eigenvalue weighted by Crippen LogP contribution is -2.31. The molecule has 134 valence electrons. The molecule has 0 saturated heterocycles. The van der Waals surface area contributed by atoms with Gasteiger partial charge in [-0.3, -0.25) is 4.79 Å². The van der Waals surface area contributed by atoms with Gasteiger partial charge in [-0.15, -0.1) is 0 Å². The van der Waals surface area contributed by atoms with Crippen LogP contribution >= 0.6 is 23.2 Å². The van der Waals surface area contributed by atoms with E-state index in [0.717, 1.165) is 11.1 Å². The number of aromatic nitrogens is 1. The van der Waals surface area contributed by atoms with Crippen LogP contribution in [0.1, 0.15) is 28.5 Å². The van der Waals surface area contributed by atoms with E-state index in [1.807, 2.05) is 43.3 Å². The zero-order chi connectivity index (χ0) is 18.7. The van der Waals surface area contributed by atoms with E-state index in [-0.39, 0.29) is 5.91 Å². The molecular formula is C20H18Cl2N2O2. The van der Waals surface area contributed by atoms with Crippen molar-refractivity contribution < 1.29 is 9.32 Å². The van der Waals surface area contributed by atoms with Crippen LogP contribution in [0.3, 0.4) is 0 Å². The van der Waals surface area contributed by atoms with Gasteiger partial charge in [-0.1, -0.05) is 64.8 Å². The summed E-state index contributed by atoms with van der Waals surface area (Å²) < 4.78 is 5.45. The topological polar surface area (TPSA) is 46.3 Å². The number of rotatable bonds is 5. The lowest BCUT2D eigenvalue weighted by Gasteiger charge is -2.21. The molecule has 4 nitrogen and oxygen atoms in total. The van der Waals surface area contributed by atoms with Crippen molar-refractivity contribution in [2.75, 3.05) is 6.54 Å². The molecule has 0 aliphatic carbocycles. The minimum absolute atomic E-state index is 0.142. The smallest absolute Gasteiger partial charge is 0.260 e. The Morgan fingerprint density at radius 2 is 1.88 bits per heavy atom. The fraction of sp³-hybridized carbons (Fsp3) is 0.200. The van der Waals surface area contributed by atoms with Crippen molar-refractivity contribution in [2.45, 2.75) is 20.4 Å². The molecule has 0 radical (unpaired) electrons. The maximum Gasteiger partial charge on any atom is 0.260 e. The molecule has 1 heterocycles. The number of amides is 1. The summed E-state index contributed by atoms with van der Waals surface area (Å²) in [6, 6.07) is 14.8. The van der Waals surface area contributed by atoms with Crippen LogP contribution in [0.4, 0.5) is 0 Å². The highest BCUT2D eigenvalue weighted by Crippen LogP contribution is 2.28. The quantitative estimate of drug-likeness (QED) is 0.569. The Morgan fingerprint density at radius 1 is 1.15 bits per heavy atom. The zero-order valence-corrected chi connectivity index (χ0v) is 16.0. The van der Waals surface area contributed by atoms with Gasteiger partial charge in [0.05, 0.1) is 5.69 Å². The first-order valence-electron chi connectivity index (χ1n) is 8.26. The van der Waals surface area contributed by atoms with Crippen LogP contribution in [0, 0.1) is 6.92 Å². The molecule has 6 heteroatoms. The molecule has 0 saturated carbocycles. The Morgan fingerprint density at radius 3 is 2.54 bits per heavy atom. The second-order valence-electron chi connectivity index (χ2n) is 5.89. The number of carbonyl (C=O) groups excluding carboxylic acids is 1. The highest BCUT2D eigenvalue weighted by atomic mass is 35.5. The predicted molar refractivity (Wildman–Crippen MR) is 104 cm³/mol. The van der Waals surface area contributed by atoms with E-state index in [1.165, 1.54) is 0 Å². The summed E-state index contributed by atoms with van der Waals surface area (Å²) in [6.45, 7) is 4.60. The Balaban J connectivity index is 1.93. The Labute approximate surface area is 162 Å². The Bertz CT molecular complexity index is 923. The predicted octanol–water partition coefficient (Wildman–Crippen LogP) is 5.62.